The van der Waals surface area contributed by atoms with Crippen LogP contribution in [0.15, 0.2) is 18.3 Å². The Morgan fingerprint density at radius 1 is 1.26 bits per heavy atom. The van der Waals surface area contributed by atoms with Gasteiger partial charge in [-0.25, -0.2) is 4.98 Å². The minimum Gasteiger partial charge on any atom is -0.505 e. The van der Waals surface area contributed by atoms with Gasteiger partial charge in [0, 0.05) is 19.3 Å². The van der Waals surface area contributed by atoms with E-state index in [1.807, 2.05) is 7.05 Å². The predicted octanol–water partition coefficient (Wildman–Crippen LogP) is 2.97. The van der Waals surface area contributed by atoms with Crippen LogP contribution in [0.5, 0.6) is 5.75 Å². The van der Waals surface area contributed by atoms with Gasteiger partial charge >= 0.3 is 0 Å². The Hall–Kier alpha value is -1.58. The van der Waals surface area contributed by atoms with E-state index in [1.165, 1.54) is 38.2 Å². The quantitative estimate of drug-likeness (QED) is 0.891. The first kappa shape index (κ1) is 13.8. The van der Waals surface area contributed by atoms with E-state index < -0.39 is 0 Å². The summed E-state index contributed by atoms with van der Waals surface area (Å²) in [6, 6.07) is 3.41. The summed E-state index contributed by atoms with van der Waals surface area (Å²) >= 11 is 0. The molecule has 104 valence electrons. The third-order valence-electron chi connectivity index (χ3n) is 3.93. The molecule has 1 fully saturated rings. The second-order valence-corrected chi connectivity index (χ2v) is 5.29. The van der Waals surface area contributed by atoms with E-state index in [4.69, 9.17) is 0 Å². The topological polar surface area (TPSA) is 53.4 Å². The molecule has 1 heterocycles. The summed E-state index contributed by atoms with van der Waals surface area (Å²) in [5.41, 5.74) is 0.159. The van der Waals surface area contributed by atoms with Crippen molar-refractivity contribution in [3.05, 3.63) is 24.0 Å². The standard InChI is InChI=1S/C15H22N2O2/c1-17(12-8-5-3-2-4-6-9-12)15(19)14-13(18)10-7-11-16-14/h7,10-12,18H,2-6,8-9H2,1H3. The predicted molar refractivity (Wildman–Crippen MR) is 74.1 cm³/mol. The molecule has 0 aromatic carbocycles. The van der Waals surface area contributed by atoms with Gasteiger partial charge in [0.15, 0.2) is 5.69 Å². The molecule has 4 nitrogen and oxygen atoms in total. The van der Waals surface area contributed by atoms with Gasteiger partial charge in [-0.05, 0) is 25.0 Å². The summed E-state index contributed by atoms with van der Waals surface area (Å²) in [7, 11) is 1.82. The van der Waals surface area contributed by atoms with Crippen LogP contribution in [0, 0.1) is 0 Å². The Kier molecular flexibility index (Phi) is 4.77. The lowest BCUT2D eigenvalue weighted by Gasteiger charge is -2.29. The highest BCUT2D eigenvalue weighted by molar-refractivity contribution is 5.94. The van der Waals surface area contributed by atoms with Crippen LogP contribution in [-0.2, 0) is 0 Å². The van der Waals surface area contributed by atoms with E-state index in [9.17, 15) is 9.90 Å². The zero-order valence-corrected chi connectivity index (χ0v) is 11.5. The van der Waals surface area contributed by atoms with Gasteiger partial charge in [0.25, 0.3) is 5.91 Å². The van der Waals surface area contributed by atoms with E-state index in [-0.39, 0.29) is 23.4 Å². The maximum atomic E-state index is 12.4. The fourth-order valence-electron chi connectivity index (χ4n) is 2.72. The number of hydrogen-bond donors (Lipinski definition) is 1. The van der Waals surface area contributed by atoms with Crippen molar-refractivity contribution in [2.45, 2.75) is 51.0 Å². The number of carbonyl (C=O) groups is 1. The van der Waals surface area contributed by atoms with E-state index in [0.717, 1.165) is 12.8 Å². The molecule has 1 aromatic heterocycles. The molecule has 0 aliphatic heterocycles. The van der Waals surface area contributed by atoms with Gasteiger partial charge in [0.2, 0.25) is 0 Å². The highest BCUT2D eigenvalue weighted by Gasteiger charge is 2.24. The Balaban J connectivity index is 2.07. The molecule has 2 rings (SSSR count). The fourth-order valence-corrected chi connectivity index (χ4v) is 2.72. The lowest BCUT2D eigenvalue weighted by Crippen LogP contribution is -2.37. The number of carbonyl (C=O) groups excluding carboxylic acids is 1. The monoisotopic (exact) mass is 262 g/mol. The first-order valence-electron chi connectivity index (χ1n) is 7.11. The van der Waals surface area contributed by atoms with Crippen molar-refractivity contribution in [3.8, 4) is 5.75 Å². The molecule has 0 saturated heterocycles. The highest BCUT2D eigenvalue weighted by atomic mass is 16.3. The highest BCUT2D eigenvalue weighted by Crippen LogP contribution is 2.23. The number of rotatable bonds is 2. The minimum absolute atomic E-state index is 0.0369. The van der Waals surface area contributed by atoms with Gasteiger partial charge in [0.1, 0.15) is 5.75 Å². The normalized spacial score (nSPS) is 17.5. The molecule has 1 aliphatic carbocycles. The molecule has 4 heteroatoms. The Morgan fingerprint density at radius 3 is 2.53 bits per heavy atom. The average molecular weight is 262 g/mol. The molecule has 19 heavy (non-hydrogen) atoms. The summed E-state index contributed by atoms with van der Waals surface area (Å²) in [5, 5.41) is 9.72. The van der Waals surface area contributed by atoms with Gasteiger partial charge in [-0.3, -0.25) is 4.79 Å². The molecule has 1 N–H and O–H groups in total. The van der Waals surface area contributed by atoms with Gasteiger partial charge < -0.3 is 10.0 Å². The first-order chi connectivity index (χ1) is 9.20. The summed E-state index contributed by atoms with van der Waals surface area (Å²) in [4.78, 5) is 18.1. The van der Waals surface area contributed by atoms with Gasteiger partial charge in [-0.15, -0.1) is 0 Å². The van der Waals surface area contributed by atoms with Crippen molar-refractivity contribution in [1.29, 1.82) is 0 Å². The van der Waals surface area contributed by atoms with Crippen molar-refractivity contribution in [2.24, 2.45) is 0 Å². The van der Waals surface area contributed by atoms with Crippen molar-refractivity contribution >= 4 is 5.91 Å². The molecule has 0 radical (unpaired) electrons. The molecule has 0 unspecified atom stereocenters. The van der Waals surface area contributed by atoms with Crippen molar-refractivity contribution in [3.63, 3.8) is 0 Å². The molecule has 1 saturated carbocycles. The number of pyridine rings is 1. The van der Waals surface area contributed by atoms with Crippen LogP contribution in [0.4, 0.5) is 0 Å². The van der Waals surface area contributed by atoms with Gasteiger partial charge in [-0.1, -0.05) is 32.1 Å². The van der Waals surface area contributed by atoms with Crippen LogP contribution >= 0.6 is 0 Å². The molecule has 0 spiro atoms. The maximum absolute atomic E-state index is 12.4. The second-order valence-electron chi connectivity index (χ2n) is 5.29. The third kappa shape index (κ3) is 3.46. The number of aromatic nitrogens is 1. The lowest BCUT2D eigenvalue weighted by atomic mass is 9.95. The van der Waals surface area contributed by atoms with Crippen LogP contribution < -0.4 is 0 Å². The zero-order valence-electron chi connectivity index (χ0n) is 11.5. The fraction of sp³-hybridized carbons (Fsp3) is 0.600. The summed E-state index contributed by atoms with van der Waals surface area (Å²) in [6.07, 6.45) is 9.82. The molecular formula is C15H22N2O2. The van der Waals surface area contributed by atoms with Crippen LogP contribution in [0.25, 0.3) is 0 Å². The molecule has 1 aliphatic rings. The Labute approximate surface area is 114 Å². The average Bonchev–Trinajstić information content (AvgIpc) is 2.37. The second kappa shape index (κ2) is 6.55. The van der Waals surface area contributed by atoms with Crippen molar-refractivity contribution in [2.75, 3.05) is 7.05 Å². The number of hydrogen-bond acceptors (Lipinski definition) is 3. The van der Waals surface area contributed by atoms with Crippen molar-refractivity contribution in [1.82, 2.24) is 9.88 Å². The van der Waals surface area contributed by atoms with Crippen LogP contribution in [-0.4, -0.2) is 34.0 Å². The first-order valence-corrected chi connectivity index (χ1v) is 7.11. The summed E-state index contributed by atoms with van der Waals surface area (Å²) in [6.45, 7) is 0. The van der Waals surface area contributed by atoms with E-state index in [1.54, 1.807) is 17.2 Å². The molecule has 1 amide bonds. The number of aromatic hydroxyl groups is 1. The molecular weight excluding hydrogens is 240 g/mol. The van der Waals surface area contributed by atoms with E-state index in [2.05, 4.69) is 4.98 Å². The minimum atomic E-state index is -0.177. The Bertz CT molecular complexity index is 426. The van der Waals surface area contributed by atoms with Crippen molar-refractivity contribution < 1.29 is 9.90 Å². The summed E-state index contributed by atoms with van der Waals surface area (Å²) < 4.78 is 0. The molecule has 0 bridgehead atoms. The van der Waals surface area contributed by atoms with Crippen LogP contribution in [0.2, 0.25) is 0 Å². The number of amides is 1. The molecule has 0 atom stereocenters. The Morgan fingerprint density at radius 2 is 1.89 bits per heavy atom. The van der Waals surface area contributed by atoms with Crippen LogP contribution in [0.3, 0.4) is 0 Å². The maximum Gasteiger partial charge on any atom is 0.276 e. The SMILES string of the molecule is CN(C(=O)c1ncccc1O)C1CCCCCCC1. The zero-order chi connectivity index (χ0) is 13.7. The summed E-state index contributed by atoms with van der Waals surface area (Å²) in [5.74, 6) is -0.214. The smallest absolute Gasteiger partial charge is 0.276 e. The van der Waals surface area contributed by atoms with Gasteiger partial charge in [0.05, 0.1) is 0 Å². The lowest BCUT2D eigenvalue weighted by molar-refractivity contribution is 0.0697. The van der Waals surface area contributed by atoms with E-state index >= 15 is 0 Å². The third-order valence-corrected chi connectivity index (χ3v) is 3.93. The molecule has 1 aromatic rings. The van der Waals surface area contributed by atoms with Crippen LogP contribution in [0.1, 0.15) is 55.4 Å². The van der Waals surface area contributed by atoms with Gasteiger partial charge in [-0.2, -0.15) is 0 Å². The number of nitrogens with zero attached hydrogens (tertiary/aromatic N) is 2. The largest absolute Gasteiger partial charge is 0.505 e. The van der Waals surface area contributed by atoms with E-state index in [0.29, 0.717) is 0 Å².